The van der Waals surface area contributed by atoms with Crippen LogP contribution in [-0.4, -0.2) is 46.2 Å². The van der Waals surface area contributed by atoms with Gasteiger partial charge in [0.2, 0.25) is 10.0 Å². The molecule has 0 aliphatic rings. The summed E-state index contributed by atoms with van der Waals surface area (Å²) in [6.45, 7) is 4.13. The first-order valence-corrected chi connectivity index (χ1v) is 8.36. The van der Waals surface area contributed by atoms with Crippen LogP contribution >= 0.6 is 0 Å². The Morgan fingerprint density at radius 3 is 2.32 bits per heavy atom. The average Bonchev–Trinajstić information content (AvgIpc) is 2.45. The number of methoxy groups -OCH3 is 1. The van der Waals surface area contributed by atoms with E-state index in [9.17, 15) is 13.2 Å². The molecular formula is C14H23N3O4S. The highest BCUT2D eigenvalue weighted by Crippen LogP contribution is 2.20. The van der Waals surface area contributed by atoms with Crippen LogP contribution in [0.1, 0.15) is 25.5 Å². The highest BCUT2D eigenvalue weighted by Gasteiger charge is 2.19. The van der Waals surface area contributed by atoms with Crippen molar-refractivity contribution in [1.82, 2.24) is 10.2 Å². The molecule has 0 saturated carbocycles. The molecule has 0 saturated heterocycles. The first-order valence-electron chi connectivity index (χ1n) is 6.81. The lowest BCUT2D eigenvalue weighted by atomic mass is 10.1. The van der Waals surface area contributed by atoms with Crippen LogP contribution in [0.15, 0.2) is 29.2 Å². The number of nitrogens with one attached hydrogen (secondary N) is 1. The number of ether oxygens (including phenoxy) is 1. The van der Waals surface area contributed by atoms with E-state index in [4.69, 9.17) is 9.88 Å². The molecule has 0 radical (unpaired) electrons. The van der Waals surface area contributed by atoms with E-state index in [2.05, 4.69) is 5.32 Å². The van der Waals surface area contributed by atoms with Gasteiger partial charge in [0.05, 0.1) is 23.6 Å². The largest absolute Gasteiger partial charge is 0.383 e. The van der Waals surface area contributed by atoms with E-state index in [0.29, 0.717) is 6.61 Å². The number of benzene rings is 1. The molecule has 1 aromatic carbocycles. The number of amides is 2. The van der Waals surface area contributed by atoms with Gasteiger partial charge in [-0.05, 0) is 31.5 Å². The van der Waals surface area contributed by atoms with Gasteiger partial charge in [0, 0.05) is 14.2 Å². The molecule has 2 atom stereocenters. The summed E-state index contributed by atoms with van der Waals surface area (Å²) in [5.41, 5.74) is 0.810. The summed E-state index contributed by atoms with van der Waals surface area (Å²) in [5, 5.41) is 7.87. The standard InChI is InChI=1S/C14H23N3O4S/c1-10(9-21-4)16-14(18)17(3)11(2)12-5-7-13(8-6-12)22(15,19)20/h5-8,10-11H,9H2,1-4H3,(H,16,18)(H2,15,19,20). The van der Waals surface area contributed by atoms with Crippen LogP contribution in [0.2, 0.25) is 0 Å². The maximum Gasteiger partial charge on any atom is 0.317 e. The number of carbonyl (C=O) groups is 1. The third-order valence-corrected chi connectivity index (χ3v) is 4.31. The molecule has 0 fully saturated rings. The van der Waals surface area contributed by atoms with Gasteiger partial charge in [0.15, 0.2) is 0 Å². The lowest BCUT2D eigenvalue weighted by molar-refractivity contribution is 0.158. The molecule has 124 valence electrons. The summed E-state index contributed by atoms with van der Waals surface area (Å²) in [5.74, 6) is 0. The van der Waals surface area contributed by atoms with Crippen molar-refractivity contribution in [2.45, 2.75) is 30.8 Å². The Hall–Kier alpha value is -1.64. The predicted octanol–water partition coefficient (Wildman–Crippen LogP) is 1.07. The Bertz CT molecular complexity index is 601. The third kappa shape index (κ3) is 4.97. The lowest BCUT2D eigenvalue weighted by Gasteiger charge is -2.27. The second-order valence-electron chi connectivity index (χ2n) is 5.21. The number of sulfonamides is 1. The fraction of sp³-hybridized carbons (Fsp3) is 0.500. The predicted molar refractivity (Wildman–Crippen MR) is 83.9 cm³/mol. The van der Waals surface area contributed by atoms with Gasteiger partial charge in [-0.15, -0.1) is 0 Å². The third-order valence-electron chi connectivity index (χ3n) is 3.38. The van der Waals surface area contributed by atoms with E-state index in [1.165, 1.54) is 17.0 Å². The molecule has 0 spiro atoms. The van der Waals surface area contributed by atoms with E-state index in [1.54, 1.807) is 26.3 Å². The Kier molecular flexibility index (Phi) is 6.34. The number of hydrogen-bond acceptors (Lipinski definition) is 4. The minimum Gasteiger partial charge on any atom is -0.383 e. The van der Waals surface area contributed by atoms with E-state index >= 15 is 0 Å². The SMILES string of the molecule is COCC(C)NC(=O)N(C)C(C)c1ccc(S(N)(=O)=O)cc1. The zero-order valence-electron chi connectivity index (χ0n) is 13.2. The molecule has 2 unspecified atom stereocenters. The van der Waals surface area contributed by atoms with Crippen LogP contribution in [0.25, 0.3) is 0 Å². The number of nitrogens with two attached hydrogens (primary N) is 1. The van der Waals surface area contributed by atoms with Crippen LogP contribution in [-0.2, 0) is 14.8 Å². The highest BCUT2D eigenvalue weighted by molar-refractivity contribution is 7.89. The molecule has 0 aliphatic carbocycles. The van der Waals surface area contributed by atoms with Gasteiger partial charge < -0.3 is 15.0 Å². The van der Waals surface area contributed by atoms with E-state index in [1.807, 2.05) is 13.8 Å². The maximum absolute atomic E-state index is 12.1. The van der Waals surface area contributed by atoms with Crippen molar-refractivity contribution in [2.24, 2.45) is 5.14 Å². The van der Waals surface area contributed by atoms with Gasteiger partial charge in [-0.3, -0.25) is 0 Å². The number of rotatable bonds is 6. The van der Waals surface area contributed by atoms with Crippen LogP contribution in [0, 0.1) is 0 Å². The molecule has 2 amide bonds. The molecule has 0 aromatic heterocycles. The van der Waals surface area contributed by atoms with Crippen molar-refractivity contribution >= 4 is 16.1 Å². The van der Waals surface area contributed by atoms with Crippen molar-refractivity contribution in [1.29, 1.82) is 0 Å². The number of urea groups is 1. The quantitative estimate of drug-likeness (QED) is 0.815. The first kappa shape index (κ1) is 18.4. The van der Waals surface area contributed by atoms with Gasteiger partial charge in [0.25, 0.3) is 0 Å². The molecule has 8 heteroatoms. The molecule has 0 bridgehead atoms. The Morgan fingerprint density at radius 2 is 1.86 bits per heavy atom. The normalized spacial score (nSPS) is 14.2. The van der Waals surface area contributed by atoms with Crippen LogP contribution in [0.3, 0.4) is 0 Å². The summed E-state index contributed by atoms with van der Waals surface area (Å²) in [7, 11) is -0.466. The van der Waals surface area contributed by atoms with Gasteiger partial charge in [0.1, 0.15) is 0 Å². The minimum absolute atomic E-state index is 0.0456. The maximum atomic E-state index is 12.1. The van der Waals surface area contributed by atoms with Crippen molar-refractivity contribution in [2.75, 3.05) is 20.8 Å². The molecule has 1 rings (SSSR count). The number of nitrogens with zero attached hydrogens (tertiary/aromatic N) is 1. The minimum atomic E-state index is -3.71. The van der Waals surface area contributed by atoms with Crippen LogP contribution in [0.5, 0.6) is 0 Å². The number of primary sulfonamides is 1. The zero-order chi connectivity index (χ0) is 16.9. The average molecular weight is 329 g/mol. The van der Waals surface area contributed by atoms with Gasteiger partial charge >= 0.3 is 6.03 Å². The summed E-state index contributed by atoms with van der Waals surface area (Å²) in [6, 6.07) is 5.61. The highest BCUT2D eigenvalue weighted by atomic mass is 32.2. The number of hydrogen-bond donors (Lipinski definition) is 2. The second kappa shape index (κ2) is 7.57. The Morgan fingerprint density at radius 1 is 1.32 bits per heavy atom. The van der Waals surface area contributed by atoms with E-state index in [0.717, 1.165) is 5.56 Å². The number of carbonyl (C=O) groups excluding carboxylic acids is 1. The summed E-state index contributed by atoms with van der Waals surface area (Å²) < 4.78 is 27.4. The molecule has 7 nitrogen and oxygen atoms in total. The van der Waals surface area contributed by atoms with Crippen molar-refractivity contribution in [3.05, 3.63) is 29.8 Å². The molecule has 0 heterocycles. The molecule has 0 aliphatic heterocycles. The Labute approximate surface area is 131 Å². The molecular weight excluding hydrogens is 306 g/mol. The zero-order valence-corrected chi connectivity index (χ0v) is 14.1. The fourth-order valence-electron chi connectivity index (χ4n) is 1.94. The molecule has 1 aromatic rings. The summed E-state index contributed by atoms with van der Waals surface area (Å²) >= 11 is 0. The van der Waals surface area contributed by atoms with Crippen molar-refractivity contribution < 1.29 is 17.9 Å². The van der Waals surface area contributed by atoms with Gasteiger partial charge in [-0.1, -0.05) is 12.1 Å². The van der Waals surface area contributed by atoms with E-state index < -0.39 is 10.0 Å². The summed E-state index contributed by atoms with van der Waals surface area (Å²) in [4.78, 5) is 13.7. The fourth-order valence-corrected chi connectivity index (χ4v) is 2.46. The molecule has 22 heavy (non-hydrogen) atoms. The lowest BCUT2D eigenvalue weighted by Crippen LogP contribution is -2.44. The summed E-state index contributed by atoms with van der Waals surface area (Å²) in [6.07, 6.45) is 0. The Balaban J connectivity index is 2.78. The second-order valence-corrected chi connectivity index (χ2v) is 6.77. The smallest absolute Gasteiger partial charge is 0.317 e. The van der Waals surface area contributed by atoms with E-state index in [-0.39, 0.29) is 23.0 Å². The van der Waals surface area contributed by atoms with Crippen LogP contribution in [0.4, 0.5) is 4.79 Å². The van der Waals surface area contributed by atoms with Crippen molar-refractivity contribution in [3.63, 3.8) is 0 Å². The molecule has 3 N–H and O–H groups in total. The van der Waals surface area contributed by atoms with Crippen LogP contribution < -0.4 is 10.5 Å². The van der Waals surface area contributed by atoms with Gasteiger partial charge in [-0.2, -0.15) is 0 Å². The van der Waals surface area contributed by atoms with Crippen molar-refractivity contribution in [3.8, 4) is 0 Å². The topological polar surface area (TPSA) is 102 Å². The first-order chi connectivity index (χ1) is 10.2. The monoisotopic (exact) mass is 329 g/mol. The van der Waals surface area contributed by atoms with Gasteiger partial charge in [-0.25, -0.2) is 18.4 Å².